The Morgan fingerprint density at radius 3 is 2.06 bits per heavy atom. The lowest BCUT2D eigenvalue weighted by atomic mass is 10.0. The molecule has 1 heterocycles. The summed E-state index contributed by atoms with van der Waals surface area (Å²) in [6, 6.07) is 0. The fourth-order valence-corrected chi connectivity index (χ4v) is 3.79. The molecule has 0 saturated heterocycles. The van der Waals surface area contributed by atoms with Crippen LogP contribution in [0.1, 0.15) is 61.9 Å². The highest BCUT2D eigenvalue weighted by atomic mass is 32.1. The molecule has 90 valence electrons. The van der Waals surface area contributed by atoms with E-state index < -0.39 is 0 Å². The van der Waals surface area contributed by atoms with Crippen LogP contribution < -0.4 is 0 Å². The zero-order chi connectivity index (χ0) is 11.2. The van der Waals surface area contributed by atoms with Gasteiger partial charge in [-0.3, -0.25) is 0 Å². The van der Waals surface area contributed by atoms with Crippen LogP contribution in [0, 0.1) is 3.95 Å². The maximum absolute atomic E-state index is 5.25. The molecule has 1 N–H and O–H groups in total. The van der Waals surface area contributed by atoms with E-state index in [2.05, 4.69) is 4.98 Å². The van der Waals surface area contributed by atoms with Crippen LogP contribution in [0.4, 0.5) is 0 Å². The van der Waals surface area contributed by atoms with Crippen LogP contribution >= 0.6 is 23.6 Å². The van der Waals surface area contributed by atoms with Crippen molar-refractivity contribution in [3.05, 3.63) is 14.5 Å². The van der Waals surface area contributed by atoms with Gasteiger partial charge in [0.05, 0.1) is 0 Å². The number of hydrogen-bond acceptors (Lipinski definition) is 2. The van der Waals surface area contributed by atoms with Crippen molar-refractivity contribution in [1.82, 2.24) is 4.98 Å². The van der Waals surface area contributed by atoms with E-state index in [9.17, 15) is 0 Å². The number of rotatable bonds is 0. The number of aromatic amines is 1. The summed E-state index contributed by atoms with van der Waals surface area (Å²) >= 11 is 7.05. The minimum absolute atomic E-state index is 0.972. The first kappa shape index (κ1) is 12.3. The van der Waals surface area contributed by atoms with E-state index in [1.807, 2.05) is 0 Å². The van der Waals surface area contributed by atoms with Gasteiger partial charge < -0.3 is 4.98 Å². The van der Waals surface area contributed by atoms with Gasteiger partial charge in [0.15, 0.2) is 3.95 Å². The Labute approximate surface area is 107 Å². The molecule has 0 spiro atoms. The molecule has 0 saturated carbocycles. The lowest BCUT2D eigenvalue weighted by Gasteiger charge is -2.06. The zero-order valence-corrected chi connectivity index (χ0v) is 11.5. The van der Waals surface area contributed by atoms with Gasteiger partial charge in [0.1, 0.15) is 0 Å². The van der Waals surface area contributed by atoms with Crippen LogP contribution in [0.3, 0.4) is 0 Å². The molecule has 1 aliphatic carbocycles. The Balaban J connectivity index is 2.01. The molecule has 1 aliphatic rings. The molecule has 0 bridgehead atoms. The topological polar surface area (TPSA) is 15.8 Å². The third kappa shape index (κ3) is 3.70. The predicted molar refractivity (Wildman–Crippen MR) is 73.8 cm³/mol. The van der Waals surface area contributed by atoms with Crippen molar-refractivity contribution in [3.8, 4) is 0 Å². The quantitative estimate of drug-likeness (QED) is 0.643. The molecule has 2 rings (SSSR count). The Morgan fingerprint density at radius 2 is 1.38 bits per heavy atom. The summed E-state index contributed by atoms with van der Waals surface area (Å²) in [5.41, 5.74) is 1.44. The van der Waals surface area contributed by atoms with E-state index in [4.69, 9.17) is 12.2 Å². The monoisotopic (exact) mass is 255 g/mol. The molecule has 0 aromatic carbocycles. The standard InChI is InChI=1S/C13H21NS2/c15-13-14-11-9-7-5-3-1-2-4-6-8-10-12(11)16-13/h1-10H2,(H,14,15). The Bertz CT molecular complexity index is 332. The van der Waals surface area contributed by atoms with E-state index in [0.29, 0.717) is 0 Å². The fourth-order valence-electron chi connectivity index (χ4n) is 2.44. The summed E-state index contributed by atoms with van der Waals surface area (Å²) in [4.78, 5) is 4.91. The molecule has 1 aromatic heterocycles. The van der Waals surface area contributed by atoms with Crippen molar-refractivity contribution in [2.75, 3.05) is 0 Å². The van der Waals surface area contributed by atoms with E-state index in [1.54, 1.807) is 11.3 Å². The first-order valence-electron chi connectivity index (χ1n) is 6.57. The molecule has 0 unspecified atom stereocenters. The van der Waals surface area contributed by atoms with E-state index in [0.717, 1.165) is 3.95 Å². The summed E-state index contributed by atoms with van der Waals surface area (Å²) in [5.74, 6) is 0. The number of H-pyrrole nitrogens is 1. The van der Waals surface area contributed by atoms with Crippen LogP contribution in [-0.4, -0.2) is 4.98 Å². The molecule has 0 radical (unpaired) electrons. The highest BCUT2D eigenvalue weighted by Gasteiger charge is 2.07. The third-order valence-corrected chi connectivity index (χ3v) is 4.72. The van der Waals surface area contributed by atoms with Gasteiger partial charge in [-0.05, 0) is 37.9 Å². The summed E-state index contributed by atoms with van der Waals surface area (Å²) in [5, 5.41) is 0. The van der Waals surface area contributed by atoms with Crippen molar-refractivity contribution >= 4 is 23.6 Å². The highest BCUT2D eigenvalue weighted by molar-refractivity contribution is 7.73. The second-order valence-electron chi connectivity index (χ2n) is 4.74. The fraction of sp³-hybridized carbons (Fsp3) is 0.769. The number of aromatic nitrogens is 1. The van der Waals surface area contributed by atoms with Gasteiger partial charge in [-0.2, -0.15) is 0 Å². The second-order valence-corrected chi connectivity index (χ2v) is 6.52. The van der Waals surface area contributed by atoms with E-state index >= 15 is 0 Å². The molecule has 0 fully saturated rings. The third-order valence-electron chi connectivity index (χ3n) is 3.39. The number of hydrogen-bond donors (Lipinski definition) is 1. The van der Waals surface area contributed by atoms with Crippen molar-refractivity contribution in [3.63, 3.8) is 0 Å². The van der Waals surface area contributed by atoms with Crippen molar-refractivity contribution in [2.45, 2.75) is 64.2 Å². The number of nitrogens with one attached hydrogen (secondary N) is 1. The second kappa shape index (κ2) is 6.55. The van der Waals surface area contributed by atoms with Crippen LogP contribution in [0.25, 0.3) is 0 Å². The molecular weight excluding hydrogens is 234 g/mol. The summed E-state index contributed by atoms with van der Waals surface area (Å²) in [6.45, 7) is 0. The minimum Gasteiger partial charge on any atom is -0.341 e. The van der Waals surface area contributed by atoms with Crippen molar-refractivity contribution in [2.24, 2.45) is 0 Å². The first-order valence-corrected chi connectivity index (χ1v) is 7.79. The molecule has 0 amide bonds. The Hall–Kier alpha value is -0.150. The summed E-state index contributed by atoms with van der Waals surface area (Å²) < 4.78 is 0.972. The molecule has 16 heavy (non-hydrogen) atoms. The van der Waals surface area contributed by atoms with Crippen LogP contribution in [-0.2, 0) is 12.8 Å². The van der Waals surface area contributed by atoms with Gasteiger partial charge in [-0.15, -0.1) is 11.3 Å². The summed E-state index contributed by atoms with van der Waals surface area (Å²) in [7, 11) is 0. The van der Waals surface area contributed by atoms with Crippen LogP contribution in [0.5, 0.6) is 0 Å². The number of aryl methyl sites for hydroxylation is 2. The molecular formula is C13H21NS2. The average molecular weight is 255 g/mol. The predicted octanol–water partition coefficient (Wildman–Crippen LogP) is 5.03. The van der Waals surface area contributed by atoms with E-state index in [-0.39, 0.29) is 0 Å². The SMILES string of the molecule is S=c1[nH]c2c(s1)CCCCCCCCCC2. The maximum Gasteiger partial charge on any atom is 0.158 e. The maximum atomic E-state index is 5.25. The lowest BCUT2D eigenvalue weighted by molar-refractivity contribution is 0.559. The lowest BCUT2D eigenvalue weighted by Crippen LogP contribution is -1.94. The molecule has 1 aromatic rings. The Kier molecular flexibility index (Phi) is 5.04. The van der Waals surface area contributed by atoms with Crippen molar-refractivity contribution < 1.29 is 0 Å². The van der Waals surface area contributed by atoms with Crippen molar-refractivity contribution in [1.29, 1.82) is 0 Å². The highest BCUT2D eigenvalue weighted by Crippen LogP contribution is 2.22. The average Bonchev–Trinajstić information content (AvgIpc) is 2.59. The minimum atomic E-state index is 0.972. The normalized spacial score (nSPS) is 19.5. The zero-order valence-electron chi connectivity index (χ0n) is 9.89. The number of fused-ring (bicyclic) bond motifs is 1. The van der Waals surface area contributed by atoms with E-state index in [1.165, 1.54) is 74.8 Å². The smallest absolute Gasteiger partial charge is 0.158 e. The Morgan fingerprint density at radius 1 is 0.812 bits per heavy atom. The number of thiazole rings is 1. The largest absolute Gasteiger partial charge is 0.341 e. The summed E-state index contributed by atoms with van der Waals surface area (Å²) in [6.07, 6.45) is 13.6. The first-order chi connectivity index (χ1) is 7.86. The van der Waals surface area contributed by atoms with Crippen LogP contribution in [0.15, 0.2) is 0 Å². The van der Waals surface area contributed by atoms with Crippen LogP contribution in [0.2, 0.25) is 0 Å². The molecule has 1 nitrogen and oxygen atoms in total. The van der Waals surface area contributed by atoms with Gasteiger partial charge in [-0.1, -0.05) is 38.5 Å². The van der Waals surface area contributed by atoms with Gasteiger partial charge >= 0.3 is 0 Å². The molecule has 0 atom stereocenters. The van der Waals surface area contributed by atoms with Gasteiger partial charge in [0, 0.05) is 10.6 Å². The van der Waals surface area contributed by atoms with Gasteiger partial charge in [0.2, 0.25) is 0 Å². The molecule has 0 aliphatic heterocycles. The van der Waals surface area contributed by atoms with Gasteiger partial charge in [0.25, 0.3) is 0 Å². The molecule has 3 heteroatoms. The van der Waals surface area contributed by atoms with Gasteiger partial charge in [-0.25, -0.2) is 0 Å².